The first-order chi connectivity index (χ1) is 9.63. The molecule has 5 nitrogen and oxygen atoms in total. The standard InChI is InChI=1S/C15H14N2O3/c1-8-6-16-14(15(20)11(19)7-18)13-12(8)9-4-2-3-5-10(9)17-13/h2-6,11,17-19H,7H2,1H3/t11-/m1/s1. The Hall–Kier alpha value is -2.24. The lowest BCUT2D eigenvalue weighted by Crippen LogP contribution is -2.25. The number of aryl methyl sites for hydroxylation is 1. The Morgan fingerprint density at radius 1 is 1.40 bits per heavy atom. The van der Waals surface area contributed by atoms with Crippen LogP contribution in [0.5, 0.6) is 0 Å². The summed E-state index contributed by atoms with van der Waals surface area (Å²) in [7, 11) is 0. The number of rotatable bonds is 3. The zero-order valence-electron chi connectivity index (χ0n) is 10.9. The molecular formula is C15H14N2O3. The van der Waals surface area contributed by atoms with Crippen LogP contribution in [0.3, 0.4) is 0 Å². The molecule has 3 aromatic rings. The largest absolute Gasteiger partial charge is 0.393 e. The molecule has 0 fully saturated rings. The molecule has 3 rings (SSSR count). The average molecular weight is 270 g/mol. The highest BCUT2D eigenvalue weighted by molar-refractivity contribution is 6.16. The molecule has 0 aliphatic rings. The van der Waals surface area contributed by atoms with Crippen LogP contribution in [0.15, 0.2) is 30.5 Å². The van der Waals surface area contributed by atoms with Crippen molar-refractivity contribution in [2.75, 3.05) is 6.61 Å². The van der Waals surface area contributed by atoms with Crippen LogP contribution in [0.2, 0.25) is 0 Å². The molecule has 0 radical (unpaired) electrons. The summed E-state index contributed by atoms with van der Waals surface area (Å²) in [4.78, 5) is 19.4. The number of para-hydroxylation sites is 1. The number of ketones is 1. The van der Waals surface area contributed by atoms with E-state index in [9.17, 15) is 9.90 Å². The molecule has 5 heteroatoms. The molecule has 1 aromatic carbocycles. The van der Waals surface area contributed by atoms with Gasteiger partial charge >= 0.3 is 0 Å². The fourth-order valence-corrected chi connectivity index (χ4v) is 2.45. The lowest BCUT2D eigenvalue weighted by Gasteiger charge is -2.07. The van der Waals surface area contributed by atoms with Gasteiger partial charge in [-0.25, -0.2) is 0 Å². The second kappa shape index (κ2) is 4.70. The fourth-order valence-electron chi connectivity index (χ4n) is 2.45. The normalized spacial score (nSPS) is 12.9. The summed E-state index contributed by atoms with van der Waals surface area (Å²) in [6, 6.07) is 7.73. The van der Waals surface area contributed by atoms with Gasteiger partial charge in [-0.15, -0.1) is 0 Å². The van der Waals surface area contributed by atoms with E-state index in [1.807, 2.05) is 31.2 Å². The van der Waals surface area contributed by atoms with Crippen molar-refractivity contribution in [3.05, 3.63) is 41.7 Å². The van der Waals surface area contributed by atoms with Gasteiger partial charge in [0.2, 0.25) is 5.78 Å². The molecule has 0 bridgehead atoms. The summed E-state index contributed by atoms with van der Waals surface area (Å²) >= 11 is 0. The smallest absolute Gasteiger partial charge is 0.214 e. The first-order valence-corrected chi connectivity index (χ1v) is 6.32. The quantitative estimate of drug-likeness (QED) is 0.630. The number of aliphatic hydroxyl groups excluding tert-OH is 2. The van der Waals surface area contributed by atoms with Crippen molar-refractivity contribution in [2.45, 2.75) is 13.0 Å². The summed E-state index contributed by atoms with van der Waals surface area (Å²) in [5, 5.41) is 20.4. The number of carbonyl (C=O) groups excluding carboxylic acids is 1. The van der Waals surface area contributed by atoms with Gasteiger partial charge in [-0.3, -0.25) is 9.78 Å². The van der Waals surface area contributed by atoms with Gasteiger partial charge in [0.25, 0.3) is 0 Å². The maximum absolute atomic E-state index is 12.1. The summed E-state index contributed by atoms with van der Waals surface area (Å²) < 4.78 is 0. The minimum atomic E-state index is -1.44. The minimum absolute atomic E-state index is 0.156. The second-order valence-corrected chi connectivity index (χ2v) is 4.77. The van der Waals surface area contributed by atoms with Crippen LogP contribution < -0.4 is 0 Å². The van der Waals surface area contributed by atoms with E-state index in [0.717, 1.165) is 21.9 Å². The molecule has 0 aliphatic carbocycles. The van der Waals surface area contributed by atoms with Gasteiger partial charge in [0.05, 0.1) is 12.1 Å². The van der Waals surface area contributed by atoms with E-state index >= 15 is 0 Å². The van der Waals surface area contributed by atoms with Gasteiger partial charge in [-0.1, -0.05) is 18.2 Å². The van der Waals surface area contributed by atoms with Crippen LogP contribution in [-0.4, -0.2) is 38.7 Å². The SMILES string of the molecule is Cc1cnc(C(=O)[C@H](O)CO)c2[nH]c3ccccc3c12. The van der Waals surface area contributed by atoms with E-state index in [4.69, 9.17) is 5.11 Å². The summed E-state index contributed by atoms with van der Waals surface area (Å²) in [6.45, 7) is 1.31. The molecular weight excluding hydrogens is 256 g/mol. The van der Waals surface area contributed by atoms with Gasteiger partial charge in [0.1, 0.15) is 11.8 Å². The number of pyridine rings is 1. The number of aromatic amines is 1. The Kier molecular flexibility index (Phi) is 3.00. The van der Waals surface area contributed by atoms with Crippen molar-refractivity contribution in [1.29, 1.82) is 0 Å². The van der Waals surface area contributed by atoms with Crippen LogP contribution in [0.1, 0.15) is 16.1 Å². The van der Waals surface area contributed by atoms with Crippen molar-refractivity contribution in [3.63, 3.8) is 0 Å². The Morgan fingerprint density at radius 3 is 2.90 bits per heavy atom. The van der Waals surface area contributed by atoms with Crippen molar-refractivity contribution in [2.24, 2.45) is 0 Å². The third-order valence-electron chi connectivity index (χ3n) is 3.43. The number of benzene rings is 1. The number of hydrogen-bond donors (Lipinski definition) is 3. The Morgan fingerprint density at radius 2 is 2.15 bits per heavy atom. The number of aromatic nitrogens is 2. The van der Waals surface area contributed by atoms with Crippen molar-refractivity contribution < 1.29 is 15.0 Å². The lowest BCUT2D eigenvalue weighted by molar-refractivity contribution is 0.0584. The highest BCUT2D eigenvalue weighted by atomic mass is 16.3. The number of H-pyrrole nitrogens is 1. The van der Waals surface area contributed by atoms with Gasteiger partial charge in [0.15, 0.2) is 0 Å². The van der Waals surface area contributed by atoms with Crippen LogP contribution in [0.4, 0.5) is 0 Å². The molecule has 0 aliphatic heterocycles. The molecule has 3 N–H and O–H groups in total. The van der Waals surface area contributed by atoms with Gasteiger partial charge in [-0.2, -0.15) is 0 Å². The molecule has 1 atom stereocenters. The van der Waals surface area contributed by atoms with Crippen LogP contribution >= 0.6 is 0 Å². The molecule has 0 saturated heterocycles. The van der Waals surface area contributed by atoms with E-state index in [-0.39, 0.29) is 5.69 Å². The number of nitrogens with zero attached hydrogens (tertiary/aromatic N) is 1. The predicted octanol–water partition coefficient (Wildman–Crippen LogP) is 1.56. The molecule has 0 amide bonds. The summed E-state index contributed by atoms with van der Waals surface area (Å²) in [5.74, 6) is -0.580. The van der Waals surface area contributed by atoms with E-state index < -0.39 is 18.5 Å². The van der Waals surface area contributed by atoms with Crippen LogP contribution in [0.25, 0.3) is 21.8 Å². The molecule has 0 unspecified atom stereocenters. The molecule has 2 aromatic heterocycles. The molecule has 0 saturated carbocycles. The fraction of sp³-hybridized carbons (Fsp3) is 0.200. The third-order valence-corrected chi connectivity index (χ3v) is 3.43. The lowest BCUT2D eigenvalue weighted by atomic mass is 10.1. The van der Waals surface area contributed by atoms with Crippen molar-refractivity contribution in [3.8, 4) is 0 Å². The zero-order valence-corrected chi connectivity index (χ0v) is 10.9. The highest BCUT2D eigenvalue weighted by Crippen LogP contribution is 2.29. The van der Waals surface area contributed by atoms with Crippen molar-refractivity contribution >= 4 is 27.6 Å². The third kappa shape index (κ3) is 1.79. The highest BCUT2D eigenvalue weighted by Gasteiger charge is 2.22. The van der Waals surface area contributed by atoms with Gasteiger partial charge in [0, 0.05) is 22.5 Å². The van der Waals surface area contributed by atoms with Crippen LogP contribution in [-0.2, 0) is 0 Å². The van der Waals surface area contributed by atoms with E-state index in [1.54, 1.807) is 6.20 Å². The Balaban J connectivity index is 2.35. The average Bonchev–Trinajstić information content (AvgIpc) is 2.86. The number of Topliss-reactive ketones (excluding diaryl/α,β-unsaturated/α-hetero) is 1. The Labute approximate surface area is 114 Å². The Bertz CT molecular complexity index is 807. The number of fused-ring (bicyclic) bond motifs is 3. The first kappa shape index (κ1) is 12.8. The monoisotopic (exact) mass is 270 g/mol. The molecule has 20 heavy (non-hydrogen) atoms. The predicted molar refractivity (Wildman–Crippen MR) is 75.8 cm³/mol. The molecule has 2 heterocycles. The number of nitrogens with one attached hydrogen (secondary N) is 1. The minimum Gasteiger partial charge on any atom is -0.393 e. The molecule has 0 spiro atoms. The number of hydrogen-bond acceptors (Lipinski definition) is 4. The van der Waals surface area contributed by atoms with Gasteiger partial charge < -0.3 is 15.2 Å². The van der Waals surface area contributed by atoms with E-state index in [1.165, 1.54) is 0 Å². The summed E-state index contributed by atoms with van der Waals surface area (Å²) in [6.07, 6.45) is 0.166. The number of carbonyl (C=O) groups is 1. The number of aliphatic hydroxyl groups is 2. The van der Waals surface area contributed by atoms with E-state index in [2.05, 4.69) is 9.97 Å². The maximum atomic E-state index is 12.1. The summed E-state index contributed by atoms with van der Waals surface area (Å²) in [5.41, 5.74) is 2.62. The first-order valence-electron chi connectivity index (χ1n) is 6.32. The zero-order chi connectivity index (χ0) is 14.3. The van der Waals surface area contributed by atoms with Crippen LogP contribution in [0, 0.1) is 6.92 Å². The van der Waals surface area contributed by atoms with Gasteiger partial charge in [-0.05, 0) is 18.6 Å². The topological polar surface area (TPSA) is 86.2 Å². The van der Waals surface area contributed by atoms with E-state index in [0.29, 0.717) is 5.52 Å². The van der Waals surface area contributed by atoms with Crippen molar-refractivity contribution in [1.82, 2.24) is 9.97 Å². The maximum Gasteiger partial charge on any atom is 0.214 e. The second-order valence-electron chi connectivity index (χ2n) is 4.77. The molecule has 102 valence electrons.